The van der Waals surface area contributed by atoms with Gasteiger partial charge in [-0.05, 0) is 0 Å². The van der Waals surface area contributed by atoms with Crippen LogP contribution in [0.3, 0.4) is 0 Å². The Hall–Kier alpha value is -1.71. The largest absolute Gasteiger partial charge is 0.477 e. The Morgan fingerprint density at radius 2 is 2.19 bits per heavy atom. The van der Waals surface area contributed by atoms with E-state index < -0.39 is 33.1 Å². The average Bonchev–Trinajstić information content (AvgIpc) is 2.47. The summed E-state index contributed by atoms with van der Waals surface area (Å²) in [6.07, 6.45) is 0.853. The van der Waals surface area contributed by atoms with Gasteiger partial charge in [-0.15, -0.1) is 0 Å². The van der Waals surface area contributed by atoms with E-state index in [1.165, 1.54) is 11.8 Å². The zero-order valence-corrected chi connectivity index (χ0v) is 8.70. The maximum Gasteiger partial charge on any atom is 0.355 e. The van der Waals surface area contributed by atoms with Gasteiger partial charge < -0.3 is 5.11 Å². The summed E-state index contributed by atoms with van der Waals surface area (Å²) in [6, 6.07) is 0. The highest BCUT2D eigenvalue weighted by molar-refractivity contribution is 7.93. The van der Waals surface area contributed by atoms with Gasteiger partial charge in [0.15, 0.2) is 5.82 Å². The second-order valence-corrected chi connectivity index (χ2v) is 4.39. The molecule has 0 atom stereocenters. The Morgan fingerprint density at radius 3 is 2.62 bits per heavy atom. The lowest BCUT2D eigenvalue weighted by Gasteiger charge is -2.07. The lowest BCUT2D eigenvalue weighted by molar-refractivity contribution is 0.0698. The van der Waals surface area contributed by atoms with Crippen LogP contribution in [0.5, 0.6) is 0 Å². The van der Waals surface area contributed by atoms with E-state index >= 15 is 0 Å². The Labute approximate surface area is 88.7 Å². The van der Waals surface area contributed by atoms with E-state index in [1.807, 2.05) is 0 Å². The molecule has 0 aliphatic heterocycles. The van der Waals surface area contributed by atoms with Gasteiger partial charge in [-0.2, -0.15) is 13.9 Å². The van der Waals surface area contributed by atoms with Gasteiger partial charge in [-0.3, -0.25) is 9.40 Å². The molecular weight excluding hydrogens is 248 g/mol. The summed E-state index contributed by atoms with van der Waals surface area (Å²) in [5, 5.41) is 12.1. The molecule has 10 heteroatoms. The van der Waals surface area contributed by atoms with Crippen molar-refractivity contribution in [2.45, 2.75) is 5.76 Å². The van der Waals surface area contributed by atoms with Gasteiger partial charge in [0.05, 0.1) is 6.20 Å². The van der Waals surface area contributed by atoms with Gasteiger partial charge in [0, 0.05) is 7.05 Å². The first kappa shape index (κ1) is 12.4. The monoisotopic (exact) mass is 255 g/mol. The predicted molar refractivity (Wildman–Crippen MR) is 48.7 cm³/mol. The zero-order chi connectivity index (χ0) is 12.5. The van der Waals surface area contributed by atoms with Crippen molar-refractivity contribution < 1.29 is 27.1 Å². The molecule has 0 unspecified atom stereocenters. The molecule has 1 heterocycles. The number of hydrogen-bond donors (Lipinski definition) is 2. The first-order chi connectivity index (χ1) is 7.25. The molecule has 0 amide bonds. The number of sulfonamides is 1. The SMILES string of the molecule is Cn1ncc(C(=O)O)c1NS(=O)(=O)C(F)F. The van der Waals surface area contributed by atoms with Crippen LogP contribution in [0.1, 0.15) is 10.4 Å². The van der Waals surface area contributed by atoms with Crippen LogP contribution in [-0.4, -0.2) is 35.0 Å². The predicted octanol–water partition coefficient (Wildman–Crippen LogP) is 0.0826. The Balaban J connectivity index is 3.16. The number of alkyl halides is 2. The smallest absolute Gasteiger partial charge is 0.355 e. The third-order valence-electron chi connectivity index (χ3n) is 1.64. The molecule has 2 N–H and O–H groups in total. The number of nitrogens with one attached hydrogen (secondary N) is 1. The van der Waals surface area contributed by atoms with Crippen molar-refractivity contribution in [2.24, 2.45) is 7.05 Å². The van der Waals surface area contributed by atoms with Crippen molar-refractivity contribution in [3.8, 4) is 0 Å². The molecule has 0 fully saturated rings. The van der Waals surface area contributed by atoms with E-state index in [1.54, 1.807) is 0 Å². The van der Waals surface area contributed by atoms with Crippen molar-refractivity contribution >= 4 is 21.8 Å². The second-order valence-electron chi connectivity index (χ2n) is 2.74. The van der Waals surface area contributed by atoms with Crippen LogP contribution in [-0.2, 0) is 17.1 Å². The standard InChI is InChI=1S/C6H7F2N3O4S/c1-11-4(3(2-9-11)5(12)13)10-16(14,15)6(7)8/h2,6,10H,1H3,(H,12,13). The minimum atomic E-state index is -4.91. The summed E-state index contributed by atoms with van der Waals surface area (Å²) in [5.74, 6) is -5.64. The van der Waals surface area contributed by atoms with Crippen LogP contribution in [0.25, 0.3) is 0 Å². The van der Waals surface area contributed by atoms with E-state index in [0.29, 0.717) is 0 Å². The number of nitrogens with zero attached hydrogens (tertiary/aromatic N) is 2. The minimum absolute atomic E-state index is 0.508. The van der Waals surface area contributed by atoms with E-state index in [4.69, 9.17) is 5.11 Å². The quantitative estimate of drug-likeness (QED) is 0.793. The highest BCUT2D eigenvalue weighted by atomic mass is 32.2. The van der Waals surface area contributed by atoms with Gasteiger partial charge in [-0.25, -0.2) is 13.2 Å². The lowest BCUT2D eigenvalue weighted by Crippen LogP contribution is -2.23. The summed E-state index contributed by atoms with van der Waals surface area (Å²) < 4.78 is 48.0. The first-order valence-corrected chi connectivity index (χ1v) is 5.35. The normalized spacial score (nSPS) is 11.8. The molecule has 0 saturated carbocycles. The number of hydrogen-bond acceptors (Lipinski definition) is 4. The molecule has 0 aliphatic rings. The average molecular weight is 255 g/mol. The number of anilines is 1. The summed E-state index contributed by atoms with van der Waals surface area (Å²) in [7, 11) is -3.69. The van der Waals surface area contributed by atoms with E-state index in [-0.39, 0.29) is 0 Å². The summed E-state index contributed by atoms with van der Waals surface area (Å²) >= 11 is 0. The zero-order valence-electron chi connectivity index (χ0n) is 7.89. The first-order valence-electron chi connectivity index (χ1n) is 3.81. The molecule has 0 radical (unpaired) electrons. The van der Waals surface area contributed by atoms with Gasteiger partial charge >= 0.3 is 11.7 Å². The molecule has 90 valence electrons. The molecule has 0 aliphatic carbocycles. The Bertz CT molecular complexity index is 510. The van der Waals surface area contributed by atoms with Crippen molar-refractivity contribution in [3.63, 3.8) is 0 Å². The fraction of sp³-hybridized carbons (Fsp3) is 0.333. The molecule has 0 aromatic carbocycles. The molecule has 0 bridgehead atoms. The van der Waals surface area contributed by atoms with Crippen LogP contribution in [0, 0.1) is 0 Å². The van der Waals surface area contributed by atoms with Gasteiger partial charge in [-0.1, -0.05) is 0 Å². The van der Waals surface area contributed by atoms with Crippen molar-refractivity contribution in [2.75, 3.05) is 4.72 Å². The minimum Gasteiger partial charge on any atom is -0.477 e. The third-order valence-corrected chi connectivity index (χ3v) is 2.59. The van der Waals surface area contributed by atoms with Crippen LogP contribution in [0.4, 0.5) is 14.6 Å². The van der Waals surface area contributed by atoms with Crippen molar-refractivity contribution in [3.05, 3.63) is 11.8 Å². The molecule has 1 rings (SSSR count). The van der Waals surface area contributed by atoms with Crippen LogP contribution >= 0.6 is 0 Å². The Kier molecular flexibility index (Phi) is 3.12. The number of carboxylic acid groups (broad SMARTS) is 1. The lowest BCUT2D eigenvalue weighted by atomic mass is 10.3. The fourth-order valence-corrected chi connectivity index (χ4v) is 1.50. The maximum absolute atomic E-state index is 12.0. The van der Waals surface area contributed by atoms with Gasteiger partial charge in [0.2, 0.25) is 0 Å². The summed E-state index contributed by atoms with van der Waals surface area (Å²) in [4.78, 5) is 10.6. The number of rotatable bonds is 4. The van der Waals surface area contributed by atoms with Crippen LogP contribution in [0.15, 0.2) is 6.20 Å². The van der Waals surface area contributed by atoms with Gasteiger partial charge in [0.25, 0.3) is 10.0 Å². The molecule has 0 spiro atoms. The fourth-order valence-electron chi connectivity index (χ4n) is 0.894. The molecule has 16 heavy (non-hydrogen) atoms. The number of carbonyl (C=O) groups is 1. The van der Waals surface area contributed by atoms with Crippen LogP contribution in [0.2, 0.25) is 0 Å². The number of aromatic nitrogens is 2. The van der Waals surface area contributed by atoms with Crippen molar-refractivity contribution in [1.29, 1.82) is 0 Å². The molecule has 7 nitrogen and oxygen atoms in total. The van der Waals surface area contributed by atoms with E-state index in [2.05, 4.69) is 5.10 Å². The second kappa shape index (κ2) is 4.04. The topological polar surface area (TPSA) is 101 Å². The van der Waals surface area contributed by atoms with E-state index in [9.17, 15) is 22.0 Å². The molecule has 0 saturated heterocycles. The number of halogens is 2. The molecular formula is C6H7F2N3O4S. The number of aryl methyl sites for hydroxylation is 1. The Morgan fingerprint density at radius 1 is 1.62 bits per heavy atom. The molecule has 1 aromatic heterocycles. The third kappa shape index (κ3) is 2.27. The summed E-state index contributed by atoms with van der Waals surface area (Å²) in [6.45, 7) is 0. The van der Waals surface area contributed by atoms with Crippen LogP contribution < -0.4 is 4.72 Å². The summed E-state index contributed by atoms with van der Waals surface area (Å²) in [5.41, 5.74) is -0.508. The van der Waals surface area contributed by atoms with E-state index in [0.717, 1.165) is 10.9 Å². The molecule has 1 aromatic rings. The van der Waals surface area contributed by atoms with Crippen molar-refractivity contribution in [1.82, 2.24) is 9.78 Å². The number of aromatic carboxylic acids is 1. The highest BCUT2D eigenvalue weighted by Crippen LogP contribution is 2.17. The van der Waals surface area contributed by atoms with Gasteiger partial charge in [0.1, 0.15) is 5.56 Å². The number of carboxylic acids is 1. The highest BCUT2D eigenvalue weighted by Gasteiger charge is 2.27. The maximum atomic E-state index is 12.0.